The van der Waals surface area contributed by atoms with Gasteiger partial charge in [0.25, 0.3) is 5.69 Å². The summed E-state index contributed by atoms with van der Waals surface area (Å²) < 4.78 is 18.5. The van der Waals surface area contributed by atoms with Crippen molar-refractivity contribution >= 4 is 12.0 Å². The summed E-state index contributed by atoms with van der Waals surface area (Å²) in [7, 11) is 0. The number of carbonyl (C=O) groups is 1. The average Bonchev–Trinajstić information content (AvgIpc) is 2.46. The van der Waals surface area contributed by atoms with Crippen molar-refractivity contribution in [3.63, 3.8) is 0 Å². The van der Waals surface area contributed by atoms with Gasteiger partial charge in [0.1, 0.15) is 18.2 Å². The van der Waals surface area contributed by atoms with Crippen LogP contribution >= 0.6 is 0 Å². The molecule has 0 amide bonds. The zero-order chi connectivity index (χ0) is 15.4. The van der Waals surface area contributed by atoms with Crippen LogP contribution in [0.15, 0.2) is 36.4 Å². The highest BCUT2D eigenvalue weighted by Crippen LogP contribution is 2.24. The van der Waals surface area contributed by atoms with Gasteiger partial charge in [-0.1, -0.05) is 6.07 Å². The highest BCUT2D eigenvalue weighted by Gasteiger charge is 2.11. The molecule has 2 rings (SSSR count). The van der Waals surface area contributed by atoms with Crippen LogP contribution in [-0.4, -0.2) is 11.2 Å². The maximum atomic E-state index is 13.0. The van der Waals surface area contributed by atoms with Gasteiger partial charge in [0.15, 0.2) is 6.29 Å². The van der Waals surface area contributed by atoms with Crippen molar-refractivity contribution in [3.05, 3.63) is 69.0 Å². The first-order valence-corrected chi connectivity index (χ1v) is 6.12. The van der Waals surface area contributed by atoms with E-state index in [4.69, 9.17) is 4.74 Å². The summed E-state index contributed by atoms with van der Waals surface area (Å²) in [6.07, 6.45) is 0.500. The number of aldehydes is 1. The molecule has 2 aromatic rings. The second-order valence-electron chi connectivity index (χ2n) is 4.46. The molecule has 2 aromatic carbocycles. The molecule has 0 fully saturated rings. The molecule has 5 nitrogen and oxygen atoms in total. The predicted molar refractivity (Wildman–Crippen MR) is 74.0 cm³/mol. The largest absolute Gasteiger partial charge is 0.488 e. The van der Waals surface area contributed by atoms with E-state index in [2.05, 4.69) is 0 Å². The molecule has 0 saturated heterocycles. The Balaban J connectivity index is 2.19. The van der Waals surface area contributed by atoms with Gasteiger partial charge in [-0.25, -0.2) is 4.39 Å². The molecule has 0 spiro atoms. The number of nitro groups is 1. The summed E-state index contributed by atoms with van der Waals surface area (Å²) in [4.78, 5) is 21.0. The van der Waals surface area contributed by atoms with E-state index in [9.17, 15) is 19.3 Å². The molecule has 0 aliphatic carbocycles. The van der Waals surface area contributed by atoms with Gasteiger partial charge in [0.2, 0.25) is 0 Å². The highest BCUT2D eigenvalue weighted by atomic mass is 19.1. The second-order valence-corrected chi connectivity index (χ2v) is 4.46. The Morgan fingerprint density at radius 2 is 2.05 bits per heavy atom. The number of hydrogen-bond acceptors (Lipinski definition) is 4. The molecule has 21 heavy (non-hydrogen) atoms. The fourth-order valence-corrected chi connectivity index (χ4v) is 1.85. The summed E-state index contributed by atoms with van der Waals surface area (Å²) in [5.41, 5.74) is 1.42. The molecule has 0 N–H and O–H groups in total. The molecule has 0 aliphatic rings. The monoisotopic (exact) mass is 289 g/mol. The first-order valence-electron chi connectivity index (χ1n) is 6.12. The minimum Gasteiger partial charge on any atom is -0.488 e. The topological polar surface area (TPSA) is 69.4 Å². The molecular weight excluding hydrogens is 277 g/mol. The van der Waals surface area contributed by atoms with E-state index in [0.717, 1.165) is 17.2 Å². The van der Waals surface area contributed by atoms with Crippen LogP contribution in [-0.2, 0) is 6.61 Å². The SMILES string of the molecule is Cc1cc(F)ccc1COc1ccc([N+](=O)[O-])cc1C=O. The van der Waals surface area contributed by atoms with Crippen LogP contribution in [0.5, 0.6) is 5.75 Å². The molecular formula is C15H12FNO4. The minimum absolute atomic E-state index is 0.101. The maximum absolute atomic E-state index is 13.0. The van der Waals surface area contributed by atoms with Crippen LogP contribution in [0, 0.1) is 22.9 Å². The van der Waals surface area contributed by atoms with E-state index in [1.54, 1.807) is 13.0 Å². The lowest BCUT2D eigenvalue weighted by Crippen LogP contribution is -2.01. The number of nitrogens with zero attached hydrogens (tertiary/aromatic N) is 1. The lowest BCUT2D eigenvalue weighted by molar-refractivity contribution is -0.384. The Hall–Kier alpha value is -2.76. The van der Waals surface area contributed by atoms with E-state index in [0.29, 0.717) is 6.29 Å². The van der Waals surface area contributed by atoms with Crippen molar-refractivity contribution in [1.82, 2.24) is 0 Å². The lowest BCUT2D eigenvalue weighted by Gasteiger charge is -2.10. The van der Waals surface area contributed by atoms with E-state index in [1.807, 2.05) is 0 Å². The highest BCUT2D eigenvalue weighted by molar-refractivity contribution is 5.80. The van der Waals surface area contributed by atoms with Gasteiger partial charge in [0, 0.05) is 12.1 Å². The van der Waals surface area contributed by atoms with Gasteiger partial charge >= 0.3 is 0 Å². The standard InChI is InChI=1S/C15H12FNO4/c1-10-6-13(16)3-2-11(10)9-21-15-5-4-14(17(19)20)7-12(15)8-18/h2-8H,9H2,1H3. The van der Waals surface area contributed by atoms with Crippen molar-refractivity contribution in [2.75, 3.05) is 0 Å². The van der Waals surface area contributed by atoms with Crippen molar-refractivity contribution < 1.29 is 18.8 Å². The molecule has 0 aromatic heterocycles. The van der Waals surface area contributed by atoms with Crippen LogP contribution in [0.1, 0.15) is 21.5 Å². The molecule has 0 heterocycles. The zero-order valence-electron chi connectivity index (χ0n) is 11.2. The third kappa shape index (κ3) is 3.42. The molecule has 0 unspecified atom stereocenters. The van der Waals surface area contributed by atoms with Crippen LogP contribution < -0.4 is 4.74 Å². The number of hydrogen-bond donors (Lipinski definition) is 0. The summed E-state index contributed by atoms with van der Waals surface area (Å²) in [6, 6.07) is 8.09. The number of non-ortho nitro benzene ring substituents is 1. The van der Waals surface area contributed by atoms with Crippen LogP contribution in [0.3, 0.4) is 0 Å². The van der Waals surface area contributed by atoms with Crippen molar-refractivity contribution in [2.24, 2.45) is 0 Å². The van der Waals surface area contributed by atoms with E-state index in [1.165, 1.54) is 24.3 Å². The molecule has 0 bridgehead atoms. The fraction of sp³-hybridized carbons (Fsp3) is 0.133. The third-order valence-electron chi connectivity index (χ3n) is 3.02. The van der Waals surface area contributed by atoms with Gasteiger partial charge in [0.05, 0.1) is 10.5 Å². The van der Waals surface area contributed by atoms with Crippen LogP contribution in [0.2, 0.25) is 0 Å². The smallest absolute Gasteiger partial charge is 0.270 e. The normalized spacial score (nSPS) is 10.2. The summed E-state index contributed by atoms with van der Waals surface area (Å²) in [5.74, 6) is -0.0838. The number of ether oxygens (including phenoxy) is 1. The number of halogens is 1. The van der Waals surface area contributed by atoms with Crippen molar-refractivity contribution in [1.29, 1.82) is 0 Å². The Morgan fingerprint density at radius 3 is 2.67 bits per heavy atom. The van der Waals surface area contributed by atoms with Gasteiger partial charge in [-0.2, -0.15) is 0 Å². The molecule has 0 aliphatic heterocycles. The van der Waals surface area contributed by atoms with Crippen molar-refractivity contribution in [2.45, 2.75) is 13.5 Å². The Bertz CT molecular complexity index is 700. The Morgan fingerprint density at radius 1 is 1.29 bits per heavy atom. The Labute approximate surface area is 120 Å². The second kappa shape index (κ2) is 6.13. The number of rotatable bonds is 5. The average molecular weight is 289 g/mol. The quantitative estimate of drug-likeness (QED) is 0.480. The third-order valence-corrected chi connectivity index (χ3v) is 3.02. The zero-order valence-corrected chi connectivity index (χ0v) is 11.2. The first kappa shape index (κ1) is 14.6. The van der Waals surface area contributed by atoms with E-state index < -0.39 is 4.92 Å². The van der Waals surface area contributed by atoms with Gasteiger partial charge in [-0.15, -0.1) is 0 Å². The lowest BCUT2D eigenvalue weighted by atomic mass is 10.1. The van der Waals surface area contributed by atoms with Gasteiger partial charge < -0.3 is 4.74 Å². The summed E-state index contributed by atoms with van der Waals surface area (Å²) in [6.45, 7) is 1.89. The molecule has 0 radical (unpaired) electrons. The summed E-state index contributed by atoms with van der Waals surface area (Å²) >= 11 is 0. The van der Waals surface area contributed by atoms with E-state index in [-0.39, 0.29) is 29.4 Å². The molecule has 0 saturated carbocycles. The minimum atomic E-state index is -0.582. The van der Waals surface area contributed by atoms with Gasteiger partial charge in [-0.3, -0.25) is 14.9 Å². The molecule has 108 valence electrons. The Kier molecular flexibility index (Phi) is 4.27. The van der Waals surface area contributed by atoms with Crippen molar-refractivity contribution in [3.8, 4) is 5.75 Å². The number of benzene rings is 2. The number of nitro benzene ring substituents is 1. The fourth-order valence-electron chi connectivity index (χ4n) is 1.85. The molecule has 6 heteroatoms. The first-order chi connectivity index (χ1) is 10.0. The number of aryl methyl sites for hydroxylation is 1. The maximum Gasteiger partial charge on any atom is 0.270 e. The number of carbonyl (C=O) groups excluding carboxylic acids is 1. The summed E-state index contributed by atoms with van der Waals surface area (Å²) in [5, 5.41) is 10.6. The van der Waals surface area contributed by atoms with Gasteiger partial charge in [-0.05, 0) is 36.2 Å². The van der Waals surface area contributed by atoms with E-state index >= 15 is 0 Å². The predicted octanol–water partition coefficient (Wildman–Crippen LogP) is 3.43. The van der Waals surface area contributed by atoms with Crippen LogP contribution in [0.25, 0.3) is 0 Å². The van der Waals surface area contributed by atoms with Crippen LogP contribution in [0.4, 0.5) is 10.1 Å². The molecule has 0 atom stereocenters.